The van der Waals surface area contributed by atoms with E-state index in [1.807, 2.05) is 67.6 Å². The van der Waals surface area contributed by atoms with Gasteiger partial charge >= 0.3 is 0 Å². The molecule has 1 heterocycles. The molecule has 0 aliphatic carbocycles. The van der Waals surface area contributed by atoms with Crippen LogP contribution in [-0.2, 0) is 20.6 Å². The van der Waals surface area contributed by atoms with Crippen molar-refractivity contribution in [2.24, 2.45) is 0 Å². The van der Waals surface area contributed by atoms with E-state index in [9.17, 15) is 13.2 Å². The molecule has 2 aromatic rings. The number of carbonyl (C=O) groups excluding carboxylic acids is 1. The predicted molar refractivity (Wildman–Crippen MR) is 107 cm³/mol. The van der Waals surface area contributed by atoms with Gasteiger partial charge in [0.2, 0.25) is 15.9 Å². The van der Waals surface area contributed by atoms with Crippen molar-refractivity contribution in [3.63, 3.8) is 0 Å². The van der Waals surface area contributed by atoms with E-state index >= 15 is 0 Å². The van der Waals surface area contributed by atoms with Crippen LogP contribution >= 0.6 is 0 Å². The molecule has 3 rings (SSSR count). The number of hydrogen-bond donors (Lipinski definition) is 0. The zero-order valence-corrected chi connectivity index (χ0v) is 16.4. The molecule has 1 saturated heterocycles. The van der Waals surface area contributed by atoms with Crippen molar-refractivity contribution in [1.29, 1.82) is 0 Å². The molecule has 144 valence electrons. The van der Waals surface area contributed by atoms with E-state index in [4.69, 9.17) is 0 Å². The summed E-state index contributed by atoms with van der Waals surface area (Å²) in [5.74, 6) is -0.0777. The highest BCUT2D eigenvalue weighted by Gasteiger charge is 2.31. The Morgan fingerprint density at radius 1 is 0.926 bits per heavy atom. The second-order valence-electron chi connectivity index (χ2n) is 6.84. The summed E-state index contributed by atoms with van der Waals surface area (Å²) in [5, 5.41) is 0. The number of amides is 1. The summed E-state index contributed by atoms with van der Waals surface area (Å²) < 4.78 is 26.8. The maximum atomic E-state index is 12.9. The molecule has 0 saturated carbocycles. The number of carbonyl (C=O) groups is 1. The predicted octanol–water partition coefficient (Wildman–Crippen LogP) is 2.85. The molecule has 1 unspecified atom stereocenters. The number of hydrogen-bond acceptors (Lipinski definition) is 3. The van der Waals surface area contributed by atoms with Crippen molar-refractivity contribution < 1.29 is 13.2 Å². The molecule has 1 atom stereocenters. The van der Waals surface area contributed by atoms with Gasteiger partial charge in [-0.3, -0.25) is 4.79 Å². The molecule has 0 N–H and O–H groups in total. The highest BCUT2D eigenvalue weighted by molar-refractivity contribution is 7.88. The van der Waals surface area contributed by atoms with Gasteiger partial charge in [-0.1, -0.05) is 67.6 Å². The van der Waals surface area contributed by atoms with Crippen LogP contribution < -0.4 is 0 Å². The summed E-state index contributed by atoms with van der Waals surface area (Å²) in [6, 6.07) is 19.0. The zero-order chi connectivity index (χ0) is 19.3. The zero-order valence-electron chi connectivity index (χ0n) is 15.6. The molecular formula is C21H26N2O3S. The second kappa shape index (κ2) is 8.67. The Hall–Kier alpha value is -2.18. The standard InChI is InChI=1S/C21H26N2O3S/c1-2-20(19-11-7-4-8-12-19)21(24)22-13-15-23(16-14-22)27(25,26)17-18-9-5-3-6-10-18/h3-12,20H,2,13-17H2,1H3. The lowest BCUT2D eigenvalue weighted by atomic mass is 9.95. The minimum Gasteiger partial charge on any atom is -0.340 e. The average molecular weight is 387 g/mol. The summed E-state index contributed by atoms with van der Waals surface area (Å²) in [5.41, 5.74) is 1.80. The SMILES string of the molecule is CCC(C(=O)N1CCN(S(=O)(=O)Cc2ccccc2)CC1)c1ccccc1. The van der Waals surface area contributed by atoms with Crippen LogP contribution in [0.3, 0.4) is 0 Å². The molecule has 27 heavy (non-hydrogen) atoms. The number of benzene rings is 2. The van der Waals surface area contributed by atoms with E-state index in [0.29, 0.717) is 26.2 Å². The molecule has 0 bridgehead atoms. The normalized spacial score (nSPS) is 16.9. The Morgan fingerprint density at radius 2 is 1.48 bits per heavy atom. The van der Waals surface area contributed by atoms with Gasteiger partial charge in [0.05, 0.1) is 11.7 Å². The van der Waals surface area contributed by atoms with Gasteiger partial charge in [0.1, 0.15) is 0 Å². The first kappa shape index (κ1) is 19.6. The lowest BCUT2D eigenvalue weighted by Crippen LogP contribution is -2.51. The van der Waals surface area contributed by atoms with Crippen LogP contribution in [0.15, 0.2) is 60.7 Å². The summed E-state index contributed by atoms with van der Waals surface area (Å²) in [4.78, 5) is 14.7. The quantitative estimate of drug-likeness (QED) is 0.767. The highest BCUT2D eigenvalue weighted by atomic mass is 32.2. The highest BCUT2D eigenvalue weighted by Crippen LogP contribution is 2.23. The van der Waals surface area contributed by atoms with Crippen LogP contribution in [0.1, 0.15) is 30.4 Å². The number of rotatable bonds is 6. The van der Waals surface area contributed by atoms with Crippen molar-refractivity contribution >= 4 is 15.9 Å². The fraction of sp³-hybridized carbons (Fsp3) is 0.381. The molecule has 1 aliphatic heterocycles. The van der Waals surface area contributed by atoms with Gasteiger partial charge in [-0.25, -0.2) is 8.42 Å². The van der Waals surface area contributed by atoms with Crippen LogP contribution in [0.4, 0.5) is 0 Å². The van der Waals surface area contributed by atoms with Gasteiger partial charge < -0.3 is 4.90 Å². The molecule has 6 heteroatoms. The minimum absolute atomic E-state index is 0.00336. The monoisotopic (exact) mass is 386 g/mol. The van der Waals surface area contributed by atoms with Crippen molar-refractivity contribution in [3.8, 4) is 0 Å². The van der Waals surface area contributed by atoms with Crippen LogP contribution in [-0.4, -0.2) is 49.7 Å². The number of piperazine rings is 1. The van der Waals surface area contributed by atoms with Crippen molar-refractivity contribution in [2.75, 3.05) is 26.2 Å². The number of sulfonamides is 1. The minimum atomic E-state index is -3.37. The van der Waals surface area contributed by atoms with E-state index in [-0.39, 0.29) is 17.6 Å². The topological polar surface area (TPSA) is 57.7 Å². The van der Waals surface area contributed by atoms with Gasteiger partial charge in [-0.15, -0.1) is 0 Å². The number of nitrogens with zero attached hydrogens (tertiary/aromatic N) is 2. The molecule has 0 spiro atoms. The third kappa shape index (κ3) is 4.76. The van der Waals surface area contributed by atoms with E-state index in [2.05, 4.69) is 0 Å². The molecule has 0 radical (unpaired) electrons. The molecule has 1 fully saturated rings. The van der Waals surface area contributed by atoms with Crippen molar-refractivity contribution in [1.82, 2.24) is 9.21 Å². The lowest BCUT2D eigenvalue weighted by Gasteiger charge is -2.35. The Balaban J connectivity index is 1.62. The van der Waals surface area contributed by atoms with Crippen molar-refractivity contribution in [3.05, 3.63) is 71.8 Å². The Morgan fingerprint density at radius 3 is 2.04 bits per heavy atom. The van der Waals surface area contributed by atoms with Gasteiger partial charge in [0.25, 0.3) is 0 Å². The van der Waals surface area contributed by atoms with Gasteiger partial charge in [-0.2, -0.15) is 4.31 Å². The molecule has 5 nitrogen and oxygen atoms in total. The first-order valence-electron chi connectivity index (χ1n) is 9.36. The molecule has 0 aromatic heterocycles. The van der Waals surface area contributed by atoms with E-state index in [1.165, 1.54) is 4.31 Å². The van der Waals surface area contributed by atoms with Gasteiger partial charge in [-0.05, 0) is 17.5 Å². The first-order valence-corrected chi connectivity index (χ1v) is 11.0. The Kier molecular flexibility index (Phi) is 6.29. The molecule has 2 aromatic carbocycles. The van der Waals surface area contributed by atoms with Gasteiger partial charge in [0.15, 0.2) is 0 Å². The Labute approximate surface area is 161 Å². The largest absolute Gasteiger partial charge is 0.340 e. The first-order chi connectivity index (χ1) is 13.0. The summed E-state index contributed by atoms with van der Waals surface area (Å²) in [7, 11) is -3.37. The van der Waals surface area contributed by atoms with E-state index in [0.717, 1.165) is 17.5 Å². The summed E-state index contributed by atoms with van der Waals surface area (Å²) >= 11 is 0. The molecular weight excluding hydrogens is 360 g/mol. The molecule has 1 aliphatic rings. The fourth-order valence-corrected chi connectivity index (χ4v) is 5.04. The smallest absolute Gasteiger partial charge is 0.230 e. The van der Waals surface area contributed by atoms with E-state index in [1.54, 1.807) is 4.90 Å². The van der Waals surface area contributed by atoms with Crippen molar-refractivity contribution in [2.45, 2.75) is 25.0 Å². The van der Waals surface area contributed by atoms with Crippen LogP contribution in [0.5, 0.6) is 0 Å². The Bertz CT molecular complexity index is 846. The third-order valence-electron chi connectivity index (χ3n) is 5.04. The third-order valence-corrected chi connectivity index (χ3v) is 6.89. The fourth-order valence-electron chi connectivity index (χ4n) is 3.52. The second-order valence-corrected chi connectivity index (χ2v) is 8.81. The lowest BCUT2D eigenvalue weighted by molar-refractivity contribution is -0.134. The van der Waals surface area contributed by atoms with Crippen LogP contribution in [0.2, 0.25) is 0 Å². The maximum absolute atomic E-state index is 12.9. The summed E-state index contributed by atoms with van der Waals surface area (Å²) in [6.45, 7) is 3.60. The maximum Gasteiger partial charge on any atom is 0.230 e. The summed E-state index contributed by atoms with van der Waals surface area (Å²) in [6.07, 6.45) is 0.732. The van der Waals surface area contributed by atoms with Crippen LogP contribution in [0.25, 0.3) is 0 Å². The van der Waals surface area contributed by atoms with Gasteiger partial charge in [0, 0.05) is 26.2 Å². The molecule has 1 amide bonds. The average Bonchev–Trinajstić information content (AvgIpc) is 2.70. The van der Waals surface area contributed by atoms with Crippen LogP contribution in [0, 0.1) is 0 Å². The van der Waals surface area contributed by atoms with E-state index < -0.39 is 10.0 Å².